The predicted molar refractivity (Wildman–Crippen MR) is 123 cm³/mol. The Hall–Kier alpha value is -0.539. The summed E-state index contributed by atoms with van der Waals surface area (Å²) in [6.45, 7) is 9.45. The maximum atomic E-state index is 4.97. The molecule has 0 saturated carbocycles. The minimum absolute atomic E-state index is 0.478. The zero-order chi connectivity index (χ0) is 20.5. The Morgan fingerprint density at radius 3 is 2.07 bits per heavy atom. The van der Waals surface area contributed by atoms with Crippen LogP contribution in [0.15, 0.2) is 60.7 Å². The summed E-state index contributed by atoms with van der Waals surface area (Å²) < 4.78 is 0. The third-order valence-corrected chi connectivity index (χ3v) is 9.25. The number of halogens is 3. The van der Waals surface area contributed by atoms with Gasteiger partial charge in [-0.15, -0.1) is 11.1 Å². The van der Waals surface area contributed by atoms with E-state index >= 15 is 0 Å². The Kier molecular flexibility index (Phi) is 7.19. The van der Waals surface area contributed by atoms with Crippen molar-refractivity contribution in [3.05, 3.63) is 89.0 Å². The first-order chi connectivity index (χ1) is 13.2. The summed E-state index contributed by atoms with van der Waals surface area (Å²) in [6, 6.07) is 26.1. The third kappa shape index (κ3) is 4.61. The van der Waals surface area contributed by atoms with Gasteiger partial charge in [0.2, 0.25) is 0 Å². The van der Waals surface area contributed by atoms with Crippen LogP contribution in [0.5, 0.6) is 0 Å². The number of fused-ring (bicyclic) bond motifs is 3. The van der Waals surface area contributed by atoms with Gasteiger partial charge < -0.3 is 0 Å². The van der Waals surface area contributed by atoms with E-state index < -0.39 is 22.8 Å². The van der Waals surface area contributed by atoms with E-state index in [1.165, 1.54) is 33.4 Å². The van der Waals surface area contributed by atoms with Gasteiger partial charge in [0.1, 0.15) is 0 Å². The summed E-state index contributed by atoms with van der Waals surface area (Å²) in [5.74, 6) is 0. The fourth-order valence-electron chi connectivity index (χ4n) is 4.34. The van der Waals surface area contributed by atoms with Gasteiger partial charge in [0.05, 0.1) is 8.07 Å². The monoisotopic (exact) mass is 480 g/mol. The molecule has 1 unspecified atom stereocenters. The zero-order valence-electron chi connectivity index (χ0n) is 16.5. The molecule has 0 aliphatic heterocycles. The molecule has 0 aromatic heterocycles. The normalized spacial score (nSPS) is 14.6. The van der Waals surface area contributed by atoms with E-state index in [-0.39, 0.29) is 0 Å². The molecule has 0 heterocycles. The molecule has 1 aliphatic carbocycles. The van der Waals surface area contributed by atoms with Crippen LogP contribution < -0.4 is 5.19 Å². The van der Waals surface area contributed by atoms with Crippen molar-refractivity contribution in [2.45, 2.75) is 32.5 Å². The number of hydrogen-bond donors (Lipinski definition) is 0. The van der Waals surface area contributed by atoms with Crippen LogP contribution in [0.25, 0.3) is 11.1 Å². The molecule has 4 rings (SSSR count). The van der Waals surface area contributed by atoms with Gasteiger partial charge in [-0.25, -0.2) is 0 Å². The van der Waals surface area contributed by atoms with Gasteiger partial charge in [-0.3, -0.25) is 0 Å². The molecule has 0 nitrogen and oxygen atoms in total. The van der Waals surface area contributed by atoms with Crippen molar-refractivity contribution < 1.29 is 14.7 Å². The van der Waals surface area contributed by atoms with Crippen molar-refractivity contribution in [3.63, 3.8) is 0 Å². The van der Waals surface area contributed by atoms with E-state index in [9.17, 15) is 0 Å². The van der Waals surface area contributed by atoms with E-state index in [0.717, 1.165) is 0 Å². The summed E-state index contributed by atoms with van der Waals surface area (Å²) in [5.41, 5.74) is 8.89. The molecule has 0 saturated heterocycles. The first-order valence-corrected chi connectivity index (χ1v) is 18.8. The molecule has 3 aromatic rings. The van der Waals surface area contributed by atoms with Crippen LogP contribution in [-0.2, 0) is 14.7 Å². The second-order valence-corrected chi connectivity index (χ2v) is 20.2. The average molecular weight is 482 g/mol. The van der Waals surface area contributed by atoms with Gasteiger partial charge in [0.15, 0.2) is 0 Å². The van der Waals surface area contributed by atoms with Crippen molar-refractivity contribution in [2.75, 3.05) is 0 Å². The Morgan fingerprint density at radius 1 is 0.857 bits per heavy atom. The van der Waals surface area contributed by atoms with Gasteiger partial charge >= 0.3 is 42.6 Å². The molecular formula is C23H23Cl3SiTi. The van der Waals surface area contributed by atoms with Crippen LogP contribution in [0.2, 0.25) is 13.1 Å². The molecule has 3 aromatic carbocycles. The Bertz CT molecular complexity index is 917. The van der Waals surface area contributed by atoms with Crippen molar-refractivity contribution in [1.82, 2.24) is 0 Å². The average Bonchev–Trinajstić information content (AvgIpc) is 2.95. The standard InChI is InChI=1S/C23H23Si.3ClH.Ti/c1-16-13-17(2)15-18(14-16)24(3,4)23-21-11-7-5-9-19(21)20-10-6-8-12-22(20)23;;;;/h5-11,13-15,23H,1-4H3;3*1H;/q-1;;;;+4/p-3. The van der Waals surface area contributed by atoms with Gasteiger partial charge in [-0.05, 0) is 25.0 Å². The fourth-order valence-corrected chi connectivity index (χ4v) is 7.86. The number of aryl methyl sites for hydroxylation is 2. The molecule has 0 fully saturated rings. The molecule has 1 aliphatic rings. The number of rotatable bonds is 2. The topological polar surface area (TPSA) is 0 Å². The maximum absolute atomic E-state index is 4.97. The van der Waals surface area contributed by atoms with Gasteiger partial charge in [0, 0.05) is 0 Å². The van der Waals surface area contributed by atoms with Crippen LogP contribution in [0.3, 0.4) is 0 Å². The molecule has 0 spiro atoms. The third-order valence-electron chi connectivity index (χ3n) is 5.43. The van der Waals surface area contributed by atoms with Gasteiger partial charge in [-0.2, -0.15) is 24.3 Å². The summed E-state index contributed by atoms with van der Waals surface area (Å²) in [4.78, 5) is 0. The summed E-state index contributed by atoms with van der Waals surface area (Å²) in [5, 5.41) is 1.55. The SMILES string of the molecule is Cc1cc(C)cc([Si](C)(C)C2c3[c-]cccc3-c3ccccc32)c1.[Cl][Ti+]([Cl])[Cl]. The fraction of sp³-hybridized carbons (Fsp3) is 0.217. The quantitative estimate of drug-likeness (QED) is 0.264. The second-order valence-electron chi connectivity index (χ2n) is 7.83. The molecule has 0 bridgehead atoms. The Labute approximate surface area is 187 Å². The summed E-state index contributed by atoms with van der Waals surface area (Å²) in [6.07, 6.45) is 0. The minimum atomic E-state index is -1.92. The number of benzene rings is 3. The van der Waals surface area contributed by atoms with Crippen LogP contribution in [0.4, 0.5) is 0 Å². The summed E-state index contributed by atoms with van der Waals surface area (Å²) >= 11 is -1.92. The van der Waals surface area contributed by atoms with E-state index in [2.05, 4.69) is 93.7 Å². The molecule has 0 radical (unpaired) electrons. The van der Waals surface area contributed by atoms with Crippen LogP contribution in [-0.4, -0.2) is 8.07 Å². The van der Waals surface area contributed by atoms with Crippen molar-refractivity contribution in [2.24, 2.45) is 0 Å². The van der Waals surface area contributed by atoms with E-state index in [1.807, 2.05) is 0 Å². The Balaban J connectivity index is 0.000000516. The predicted octanol–water partition coefficient (Wildman–Crippen LogP) is 7.44. The first kappa shape index (κ1) is 22.2. The Morgan fingerprint density at radius 2 is 1.43 bits per heavy atom. The molecule has 1 atom stereocenters. The van der Waals surface area contributed by atoms with Crippen LogP contribution in [0, 0.1) is 19.9 Å². The van der Waals surface area contributed by atoms with Gasteiger partial charge in [-0.1, -0.05) is 77.4 Å². The van der Waals surface area contributed by atoms with E-state index in [1.54, 1.807) is 5.19 Å². The second kappa shape index (κ2) is 9.08. The summed E-state index contributed by atoms with van der Waals surface area (Å²) in [7, 11) is 13.2. The molecule has 144 valence electrons. The van der Waals surface area contributed by atoms with Crippen molar-refractivity contribution in [1.29, 1.82) is 0 Å². The van der Waals surface area contributed by atoms with Crippen molar-refractivity contribution in [3.8, 4) is 11.1 Å². The number of hydrogen-bond acceptors (Lipinski definition) is 0. The molecule has 0 N–H and O–H groups in total. The zero-order valence-corrected chi connectivity index (χ0v) is 21.3. The van der Waals surface area contributed by atoms with Crippen LogP contribution >= 0.6 is 27.9 Å². The molecule has 5 heteroatoms. The van der Waals surface area contributed by atoms with Crippen LogP contribution in [0.1, 0.15) is 27.8 Å². The van der Waals surface area contributed by atoms with E-state index in [0.29, 0.717) is 5.54 Å². The first-order valence-electron chi connectivity index (χ1n) is 9.24. The van der Waals surface area contributed by atoms with Crippen molar-refractivity contribution >= 4 is 41.2 Å². The molecule has 28 heavy (non-hydrogen) atoms. The molecule has 0 amide bonds. The molecular weight excluding hydrogens is 459 g/mol. The van der Waals surface area contributed by atoms with E-state index in [4.69, 9.17) is 27.9 Å². The van der Waals surface area contributed by atoms with Gasteiger partial charge in [0.25, 0.3) is 0 Å².